The highest BCUT2D eigenvalue weighted by Gasteiger charge is 2.06. The van der Waals surface area contributed by atoms with Crippen molar-refractivity contribution >= 4 is 5.84 Å². The normalized spacial score (nSPS) is 14.1. The fraction of sp³-hybridized carbons (Fsp3) is 0.556. The molecule has 0 saturated heterocycles. The molecule has 0 aliphatic carbocycles. The van der Waals surface area contributed by atoms with Crippen molar-refractivity contribution in [1.29, 1.82) is 0 Å². The van der Waals surface area contributed by atoms with Gasteiger partial charge in [0.1, 0.15) is 5.84 Å². The molecule has 1 heterocycles. The molecule has 0 fully saturated rings. The minimum absolute atomic E-state index is 0.117. The van der Waals surface area contributed by atoms with Gasteiger partial charge in [0.15, 0.2) is 5.76 Å². The van der Waals surface area contributed by atoms with Crippen LogP contribution in [0.1, 0.15) is 24.8 Å². The SMILES string of the molecule is Cc1cc(CNC(C)CC(N)=NO)on1. The lowest BCUT2D eigenvalue weighted by molar-refractivity contribution is 0.315. The number of amidine groups is 1. The van der Waals surface area contributed by atoms with Gasteiger partial charge in [0, 0.05) is 18.5 Å². The molecular weight excluding hydrogens is 196 g/mol. The number of nitrogens with zero attached hydrogens (tertiary/aromatic N) is 2. The van der Waals surface area contributed by atoms with Crippen molar-refractivity contribution < 1.29 is 9.73 Å². The minimum atomic E-state index is 0.117. The summed E-state index contributed by atoms with van der Waals surface area (Å²) in [5.74, 6) is 0.989. The number of nitrogens with one attached hydrogen (secondary N) is 1. The summed E-state index contributed by atoms with van der Waals surface area (Å²) >= 11 is 0. The van der Waals surface area contributed by atoms with Crippen molar-refractivity contribution in [3.8, 4) is 0 Å². The molecule has 0 amide bonds. The summed E-state index contributed by atoms with van der Waals surface area (Å²) in [6.45, 7) is 4.40. The first-order chi connectivity index (χ1) is 7.11. The summed E-state index contributed by atoms with van der Waals surface area (Å²) in [5.41, 5.74) is 6.23. The molecule has 0 aliphatic heterocycles. The van der Waals surface area contributed by atoms with E-state index >= 15 is 0 Å². The highest BCUT2D eigenvalue weighted by Crippen LogP contribution is 2.02. The molecule has 0 aliphatic rings. The lowest BCUT2D eigenvalue weighted by Crippen LogP contribution is -2.30. The van der Waals surface area contributed by atoms with E-state index in [2.05, 4.69) is 15.6 Å². The highest BCUT2D eigenvalue weighted by molar-refractivity contribution is 5.80. The number of rotatable bonds is 5. The monoisotopic (exact) mass is 212 g/mol. The number of oxime groups is 1. The molecule has 84 valence electrons. The Morgan fingerprint density at radius 3 is 3.07 bits per heavy atom. The van der Waals surface area contributed by atoms with E-state index in [1.165, 1.54) is 0 Å². The van der Waals surface area contributed by atoms with Gasteiger partial charge in [-0.1, -0.05) is 10.3 Å². The molecule has 15 heavy (non-hydrogen) atoms. The van der Waals surface area contributed by atoms with Gasteiger partial charge in [-0.05, 0) is 13.8 Å². The van der Waals surface area contributed by atoms with E-state index in [1.54, 1.807) is 0 Å². The van der Waals surface area contributed by atoms with Crippen LogP contribution in [0.5, 0.6) is 0 Å². The zero-order valence-corrected chi connectivity index (χ0v) is 8.90. The standard InChI is InChI=1S/C9H16N4O2/c1-6(4-9(10)12-14)11-5-8-3-7(2)13-15-8/h3,6,11,14H,4-5H2,1-2H3,(H2,10,12). The second kappa shape index (κ2) is 5.35. The van der Waals surface area contributed by atoms with E-state index in [0.717, 1.165) is 11.5 Å². The molecule has 0 spiro atoms. The predicted molar refractivity (Wildman–Crippen MR) is 55.6 cm³/mol. The van der Waals surface area contributed by atoms with Gasteiger partial charge in [-0.25, -0.2) is 0 Å². The molecule has 0 radical (unpaired) electrons. The summed E-state index contributed by atoms with van der Waals surface area (Å²) in [5, 5.41) is 18.2. The van der Waals surface area contributed by atoms with Crippen molar-refractivity contribution in [2.75, 3.05) is 0 Å². The van der Waals surface area contributed by atoms with Crippen LogP contribution in [0.4, 0.5) is 0 Å². The highest BCUT2D eigenvalue weighted by atomic mass is 16.5. The molecule has 1 aromatic rings. The third-order valence-corrected chi connectivity index (χ3v) is 1.95. The van der Waals surface area contributed by atoms with Gasteiger partial charge in [-0.2, -0.15) is 0 Å². The Morgan fingerprint density at radius 2 is 2.53 bits per heavy atom. The van der Waals surface area contributed by atoms with Crippen molar-refractivity contribution in [2.45, 2.75) is 32.9 Å². The third kappa shape index (κ3) is 3.99. The van der Waals surface area contributed by atoms with Gasteiger partial charge in [0.05, 0.1) is 12.2 Å². The van der Waals surface area contributed by atoms with E-state index in [4.69, 9.17) is 15.5 Å². The fourth-order valence-corrected chi connectivity index (χ4v) is 1.20. The van der Waals surface area contributed by atoms with E-state index in [9.17, 15) is 0 Å². The zero-order valence-electron chi connectivity index (χ0n) is 8.90. The van der Waals surface area contributed by atoms with Gasteiger partial charge in [0.25, 0.3) is 0 Å². The van der Waals surface area contributed by atoms with Gasteiger partial charge >= 0.3 is 0 Å². The maximum absolute atomic E-state index is 8.38. The van der Waals surface area contributed by atoms with Crippen molar-refractivity contribution in [3.63, 3.8) is 0 Å². The van der Waals surface area contributed by atoms with Crippen LogP contribution in [0, 0.1) is 6.92 Å². The van der Waals surface area contributed by atoms with Crippen molar-refractivity contribution in [1.82, 2.24) is 10.5 Å². The van der Waals surface area contributed by atoms with E-state index in [-0.39, 0.29) is 11.9 Å². The summed E-state index contributed by atoms with van der Waals surface area (Å²) in [6.07, 6.45) is 0.490. The Balaban J connectivity index is 2.31. The van der Waals surface area contributed by atoms with Crippen molar-refractivity contribution in [2.24, 2.45) is 10.9 Å². The van der Waals surface area contributed by atoms with Crippen LogP contribution < -0.4 is 11.1 Å². The molecule has 0 aromatic carbocycles. The number of hydrogen-bond acceptors (Lipinski definition) is 5. The molecular formula is C9H16N4O2. The Bertz CT molecular complexity index is 335. The van der Waals surface area contributed by atoms with Crippen LogP contribution in [-0.2, 0) is 6.54 Å². The Kier molecular flexibility index (Phi) is 4.11. The average molecular weight is 212 g/mol. The predicted octanol–water partition coefficient (Wildman–Crippen LogP) is 0.598. The molecule has 0 bridgehead atoms. The minimum Gasteiger partial charge on any atom is -0.409 e. The Labute approximate surface area is 88.1 Å². The maximum atomic E-state index is 8.38. The molecule has 6 heteroatoms. The number of aromatic nitrogens is 1. The fourth-order valence-electron chi connectivity index (χ4n) is 1.20. The summed E-state index contributed by atoms with van der Waals surface area (Å²) in [6, 6.07) is 1.98. The van der Waals surface area contributed by atoms with Gasteiger partial charge in [-0.15, -0.1) is 0 Å². The first kappa shape index (κ1) is 11.5. The molecule has 1 aromatic heterocycles. The van der Waals surface area contributed by atoms with Crippen LogP contribution in [-0.4, -0.2) is 22.2 Å². The molecule has 1 atom stereocenters. The average Bonchev–Trinajstić information content (AvgIpc) is 2.61. The van der Waals surface area contributed by atoms with Crippen LogP contribution in [0.15, 0.2) is 15.7 Å². The molecule has 0 saturated carbocycles. The van der Waals surface area contributed by atoms with Crippen molar-refractivity contribution in [3.05, 3.63) is 17.5 Å². The number of aryl methyl sites for hydroxylation is 1. The summed E-state index contributed by atoms with van der Waals surface area (Å²) < 4.78 is 5.02. The maximum Gasteiger partial charge on any atom is 0.150 e. The first-order valence-electron chi connectivity index (χ1n) is 4.73. The Hall–Kier alpha value is -1.56. The number of hydrogen-bond donors (Lipinski definition) is 3. The lowest BCUT2D eigenvalue weighted by atomic mass is 10.2. The van der Waals surface area contributed by atoms with Gasteiger partial charge < -0.3 is 20.8 Å². The second-order valence-electron chi connectivity index (χ2n) is 3.51. The van der Waals surface area contributed by atoms with Gasteiger partial charge in [-0.3, -0.25) is 0 Å². The van der Waals surface area contributed by atoms with E-state index in [0.29, 0.717) is 13.0 Å². The topological polar surface area (TPSA) is 96.7 Å². The van der Waals surface area contributed by atoms with Crippen LogP contribution in [0.3, 0.4) is 0 Å². The van der Waals surface area contributed by atoms with Gasteiger partial charge in [0.2, 0.25) is 0 Å². The van der Waals surface area contributed by atoms with Crippen LogP contribution in [0.25, 0.3) is 0 Å². The van der Waals surface area contributed by atoms with E-state index < -0.39 is 0 Å². The quantitative estimate of drug-likeness (QED) is 0.287. The lowest BCUT2D eigenvalue weighted by Gasteiger charge is -2.10. The molecule has 1 unspecified atom stereocenters. The molecule has 1 rings (SSSR count). The smallest absolute Gasteiger partial charge is 0.150 e. The summed E-state index contributed by atoms with van der Waals surface area (Å²) in [4.78, 5) is 0. The second-order valence-corrected chi connectivity index (χ2v) is 3.51. The molecule has 6 nitrogen and oxygen atoms in total. The number of nitrogens with two attached hydrogens (primary N) is 1. The zero-order chi connectivity index (χ0) is 11.3. The van der Waals surface area contributed by atoms with Crippen LogP contribution in [0.2, 0.25) is 0 Å². The first-order valence-corrected chi connectivity index (χ1v) is 4.73. The van der Waals surface area contributed by atoms with E-state index in [1.807, 2.05) is 19.9 Å². The molecule has 4 N–H and O–H groups in total. The third-order valence-electron chi connectivity index (χ3n) is 1.95. The Morgan fingerprint density at radius 1 is 1.80 bits per heavy atom. The largest absolute Gasteiger partial charge is 0.409 e. The van der Waals surface area contributed by atoms with Crippen LogP contribution >= 0.6 is 0 Å². The summed E-state index contributed by atoms with van der Waals surface area (Å²) in [7, 11) is 0.